The van der Waals surface area contributed by atoms with Crippen LogP contribution in [0.25, 0.3) is 5.65 Å². The zero-order chi connectivity index (χ0) is 13.2. The number of hydrogen-bond donors (Lipinski definition) is 1. The van der Waals surface area contributed by atoms with Crippen LogP contribution in [-0.4, -0.2) is 25.0 Å². The van der Waals surface area contributed by atoms with E-state index in [4.69, 9.17) is 15.7 Å². The largest absolute Gasteiger partial charge is 0.435 e. The van der Waals surface area contributed by atoms with Gasteiger partial charge in [0.25, 0.3) is 0 Å². The van der Waals surface area contributed by atoms with Crippen molar-refractivity contribution in [1.29, 1.82) is 5.26 Å². The quantitative estimate of drug-likeness (QED) is 0.670. The first-order valence-corrected chi connectivity index (χ1v) is 5.27. The Morgan fingerprint density at radius 3 is 3.00 bits per heavy atom. The number of hydrogen-bond acceptors (Lipinski definition) is 7. The third-order valence-corrected chi connectivity index (χ3v) is 2.43. The molecule has 2 aromatic heterocycles. The number of tetrazole rings is 1. The summed E-state index contributed by atoms with van der Waals surface area (Å²) in [6.45, 7) is 0. The first kappa shape index (κ1) is 10.9. The first-order valence-electron chi connectivity index (χ1n) is 5.27. The second-order valence-corrected chi connectivity index (χ2v) is 3.66. The molecule has 0 spiro atoms. The van der Waals surface area contributed by atoms with E-state index in [0.717, 1.165) is 0 Å². The highest BCUT2D eigenvalue weighted by atomic mass is 16.5. The van der Waals surface area contributed by atoms with Crippen LogP contribution in [0.15, 0.2) is 30.6 Å². The molecular weight excluding hydrogens is 246 g/mol. The zero-order valence-corrected chi connectivity index (χ0v) is 9.56. The number of fused-ring (bicyclic) bond motifs is 1. The molecule has 8 heteroatoms. The van der Waals surface area contributed by atoms with Crippen molar-refractivity contribution in [3.05, 3.63) is 36.2 Å². The van der Waals surface area contributed by atoms with Crippen LogP contribution in [0.1, 0.15) is 5.56 Å². The topological polar surface area (TPSA) is 115 Å². The van der Waals surface area contributed by atoms with E-state index >= 15 is 0 Å². The van der Waals surface area contributed by atoms with Crippen molar-refractivity contribution in [1.82, 2.24) is 25.0 Å². The molecule has 2 N–H and O–H groups in total. The van der Waals surface area contributed by atoms with Gasteiger partial charge in [0.05, 0.1) is 29.7 Å². The van der Waals surface area contributed by atoms with Gasteiger partial charge in [-0.3, -0.25) is 4.98 Å². The van der Waals surface area contributed by atoms with Crippen LogP contribution in [0.5, 0.6) is 11.6 Å². The van der Waals surface area contributed by atoms with E-state index in [2.05, 4.69) is 20.5 Å². The summed E-state index contributed by atoms with van der Waals surface area (Å²) in [5.74, 6) is 0.739. The molecular formula is C11H7N7O. The number of nitrogens with zero attached hydrogens (tertiary/aromatic N) is 6. The van der Waals surface area contributed by atoms with E-state index in [9.17, 15) is 0 Å². The molecule has 0 amide bonds. The van der Waals surface area contributed by atoms with E-state index in [1.165, 1.54) is 23.0 Å². The molecule has 0 fully saturated rings. The van der Waals surface area contributed by atoms with Gasteiger partial charge in [-0.1, -0.05) is 0 Å². The lowest BCUT2D eigenvalue weighted by Crippen LogP contribution is -1.99. The van der Waals surface area contributed by atoms with Crippen molar-refractivity contribution in [3.8, 4) is 17.7 Å². The first-order chi connectivity index (χ1) is 9.28. The lowest BCUT2D eigenvalue weighted by atomic mass is 10.2. The molecule has 3 rings (SSSR count). The molecule has 92 valence electrons. The molecule has 3 aromatic rings. The fourth-order valence-corrected chi connectivity index (χ4v) is 1.55. The van der Waals surface area contributed by atoms with Gasteiger partial charge in [-0.15, -0.1) is 5.10 Å². The van der Waals surface area contributed by atoms with Gasteiger partial charge < -0.3 is 10.5 Å². The predicted octanol–water partition coefficient (Wildman–Crippen LogP) is 0.765. The maximum Gasteiger partial charge on any atom is 0.242 e. The summed E-state index contributed by atoms with van der Waals surface area (Å²) in [4.78, 5) is 3.96. The smallest absolute Gasteiger partial charge is 0.242 e. The van der Waals surface area contributed by atoms with Gasteiger partial charge in [0.1, 0.15) is 0 Å². The Labute approximate surface area is 107 Å². The molecule has 0 atom stereocenters. The summed E-state index contributed by atoms with van der Waals surface area (Å²) >= 11 is 0. The zero-order valence-electron chi connectivity index (χ0n) is 9.56. The second-order valence-electron chi connectivity index (χ2n) is 3.66. The summed E-state index contributed by atoms with van der Waals surface area (Å²) in [5, 5.41) is 19.8. The number of benzene rings is 1. The summed E-state index contributed by atoms with van der Waals surface area (Å²) in [5.41, 5.74) is 7.08. The maximum atomic E-state index is 8.77. The highest BCUT2D eigenvalue weighted by Crippen LogP contribution is 2.27. The fraction of sp³-hybridized carbons (Fsp3) is 0. The van der Waals surface area contributed by atoms with Crippen molar-refractivity contribution in [2.24, 2.45) is 0 Å². The van der Waals surface area contributed by atoms with Crippen molar-refractivity contribution in [3.63, 3.8) is 0 Å². The standard InChI is InChI=1S/C11H7N7O/c12-4-7-1-2-9(8(13)3-7)19-11-6-14-5-10-15-16-17-18(10)11/h1-3,5-6H,13H2. The van der Waals surface area contributed by atoms with Crippen molar-refractivity contribution >= 4 is 11.3 Å². The van der Waals surface area contributed by atoms with Gasteiger partial charge in [-0.05, 0) is 28.6 Å². The van der Waals surface area contributed by atoms with E-state index in [0.29, 0.717) is 28.5 Å². The maximum absolute atomic E-state index is 8.77. The fourth-order valence-electron chi connectivity index (χ4n) is 1.55. The molecule has 0 bridgehead atoms. The molecule has 0 saturated carbocycles. The van der Waals surface area contributed by atoms with Gasteiger partial charge in [0.15, 0.2) is 5.75 Å². The Balaban J connectivity index is 2.02. The molecule has 0 aliphatic heterocycles. The van der Waals surface area contributed by atoms with E-state index in [1.54, 1.807) is 12.1 Å². The van der Waals surface area contributed by atoms with Gasteiger partial charge in [0, 0.05) is 0 Å². The minimum absolute atomic E-state index is 0.332. The van der Waals surface area contributed by atoms with E-state index in [-0.39, 0.29) is 0 Å². The average molecular weight is 253 g/mol. The minimum Gasteiger partial charge on any atom is -0.435 e. The summed E-state index contributed by atoms with van der Waals surface area (Å²) < 4.78 is 7.00. The number of ether oxygens (including phenoxy) is 1. The van der Waals surface area contributed by atoms with Crippen molar-refractivity contribution < 1.29 is 4.74 Å². The third-order valence-electron chi connectivity index (χ3n) is 2.43. The second kappa shape index (κ2) is 4.23. The molecule has 19 heavy (non-hydrogen) atoms. The van der Waals surface area contributed by atoms with Crippen LogP contribution in [-0.2, 0) is 0 Å². The van der Waals surface area contributed by atoms with Crippen LogP contribution in [0.2, 0.25) is 0 Å². The Hall–Kier alpha value is -3.21. The molecule has 1 aromatic carbocycles. The number of anilines is 1. The van der Waals surface area contributed by atoms with Gasteiger partial charge in [0.2, 0.25) is 11.5 Å². The van der Waals surface area contributed by atoms with Gasteiger partial charge >= 0.3 is 0 Å². The minimum atomic E-state index is 0.332. The van der Waals surface area contributed by atoms with Crippen molar-refractivity contribution in [2.75, 3.05) is 5.73 Å². The van der Waals surface area contributed by atoms with E-state index in [1.807, 2.05) is 6.07 Å². The van der Waals surface area contributed by atoms with Crippen LogP contribution in [0, 0.1) is 11.3 Å². The molecule has 0 saturated heterocycles. The third kappa shape index (κ3) is 1.89. The summed E-state index contributed by atoms with van der Waals surface area (Å²) in [6.07, 6.45) is 2.98. The van der Waals surface area contributed by atoms with Crippen molar-refractivity contribution in [2.45, 2.75) is 0 Å². The van der Waals surface area contributed by atoms with Crippen LogP contribution in [0.4, 0.5) is 5.69 Å². The molecule has 0 unspecified atom stereocenters. The lowest BCUT2D eigenvalue weighted by molar-refractivity contribution is 0.444. The molecule has 0 aliphatic carbocycles. The number of aromatic nitrogens is 5. The Bertz CT molecular complexity index is 789. The van der Waals surface area contributed by atoms with Crippen LogP contribution in [0.3, 0.4) is 0 Å². The SMILES string of the molecule is N#Cc1ccc(Oc2cncc3nnnn23)c(N)c1. The number of nitriles is 1. The van der Waals surface area contributed by atoms with Crippen LogP contribution < -0.4 is 10.5 Å². The highest BCUT2D eigenvalue weighted by molar-refractivity contribution is 5.57. The lowest BCUT2D eigenvalue weighted by Gasteiger charge is -2.08. The number of nitrogens with two attached hydrogens (primary N) is 1. The number of nitrogen functional groups attached to an aromatic ring is 1. The predicted molar refractivity (Wildman–Crippen MR) is 64.2 cm³/mol. The number of rotatable bonds is 2. The Kier molecular flexibility index (Phi) is 2.43. The monoisotopic (exact) mass is 253 g/mol. The summed E-state index contributed by atoms with van der Waals surface area (Å²) in [6, 6.07) is 6.75. The van der Waals surface area contributed by atoms with Gasteiger partial charge in [-0.2, -0.15) is 9.78 Å². The highest BCUT2D eigenvalue weighted by Gasteiger charge is 2.08. The Morgan fingerprint density at radius 2 is 2.21 bits per heavy atom. The van der Waals surface area contributed by atoms with Gasteiger partial charge in [-0.25, -0.2) is 0 Å². The molecule has 8 nitrogen and oxygen atoms in total. The molecule has 0 aliphatic rings. The average Bonchev–Trinajstić information content (AvgIpc) is 2.90. The molecule has 0 radical (unpaired) electrons. The van der Waals surface area contributed by atoms with E-state index < -0.39 is 0 Å². The molecule has 2 heterocycles. The Morgan fingerprint density at radius 1 is 1.32 bits per heavy atom. The van der Waals surface area contributed by atoms with Crippen LogP contribution >= 0.6 is 0 Å². The summed E-state index contributed by atoms with van der Waals surface area (Å²) in [7, 11) is 0. The normalized spacial score (nSPS) is 10.3.